The van der Waals surface area contributed by atoms with Gasteiger partial charge >= 0.3 is 6.18 Å². The predicted octanol–water partition coefficient (Wildman–Crippen LogP) is 4.59. The standard InChI is InChI=1S/C15H14F3N5S/c1-3-19-14-22-12(15(16,17)18)7-13(23-14)21-9-4-5-11-10(6-9)20-8(2)24-11/h4-7H,3H2,1-2H3,(H2,19,21,22,23). The Kier molecular flexibility index (Phi) is 4.27. The Hall–Kier alpha value is -2.42. The zero-order valence-electron chi connectivity index (χ0n) is 12.9. The zero-order chi connectivity index (χ0) is 17.3. The lowest BCUT2D eigenvalue weighted by Gasteiger charge is -2.12. The number of anilines is 3. The molecule has 0 aliphatic heterocycles. The number of aromatic nitrogens is 3. The number of fused-ring (bicyclic) bond motifs is 1. The highest BCUT2D eigenvalue weighted by Gasteiger charge is 2.33. The lowest BCUT2D eigenvalue weighted by Crippen LogP contribution is -2.13. The molecule has 3 rings (SSSR count). The van der Waals surface area contributed by atoms with E-state index in [4.69, 9.17) is 0 Å². The van der Waals surface area contributed by atoms with Crippen LogP contribution in [0.15, 0.2) is 24.3 Å². The molecule has 1 aromatic carbocycles. The fourth-order valence-electron chi connectivity index (χ4n) is 2.16. The molecule has 0 aliphatic rings. The van der Waals surface area contributed by atoms with Crippen molar-refractivity contribution in [2.45, 2.75) is 20.0 Å². The summed E-state index contributed by atoms with van der Waals surface area (Å²) in [6.45, 7) is 4.08. The number of thiazole rings is 1. The summed E-state index contributed by atoms with van der Waals surface area (Å²) < 4.78 is 40.0. The fraction of sp³-hybridized carbons (Fsp3) is 0.267. The topological polar surface area (TPSA) is 62.7 Å². The van der Waals surface area contributed by atoms with Crippen molar-refractivity contribution >= 4 is 39.0 Å². The average molecular weight is 353 g/mol. The van der Waals surface area contributed by atoms with E-state index in [1.165, 1.54) is 0 Å². The largest absolute Gasteiger partial charge is 0.433 e. The van der Waals surface area contributed by atoms with Gasteiger partial charge in [-0.05, 0) is 32.0 Å². The molecule has 3 aromatic rings. The summed E-state index contributed by atoms with van der Waals surface area (Å²) >= 11 is 1.56. The Morgan fingerprint density at radius 2 is 1.92 bits per heavy atom. The number of hydrogen-bond acceptors (Lipinski definition) is 6. The van der Waals surface area contributed by atoms with Crippen molar-refractivity contribution in [2.24, 2.45) is 0 Å². The number of halogens is 3. The van der Waals surface area contributed by atoms with Gasteiger partial charge < -0.3 is 10.6 Å². The second-order valence-electron chi connectivity index (χ2n) is 5.03. The molecule has 0 spiro atoms. The van der Waals surface area contributed by atoms with Crippen LogP contribution in [0.2, 0.25) is 0 Å². The quantitative estimate of drug-likeness (QED) is 0.718. The first-order chi connectivity index (χ1) is 11.3. The molecular formula is C15H14F3N5S. The molecule has 0 fully saturated rings. The van der Waals surface area contributed by atoms with Gasteiger partial charge in [0.05, 0.1) is 15.2 Å². The monoisotopic (exact) mass is 353 g/mol. The van der Waals surface area contributed by atoms with E-state index in [2.05, 4.69) is 25.6 Å². The third kappa shape index (κ3) is 3.56. The van der Waals surface area contributed by atoms with Gasteiger partial charge in [-0.15, -0.1) is 11.3 Å². The van der Waals surface area contributed by atoms with Gasteiger partial charge in [-0.3, -0.25) is 0 Å². The Bertz CT molecular complexity index is 875. The van der Waals surface area contributed by atoms with Gasteiger partial charge in [0, 0.05) is 18.3 Å². The van der Waals surface area contributed by atoms with E-state index in [0.29, 0.717) is 12.2 Å². The number of alkyl halides is 3. The Labute approximate surface area is 140 Å². The minimum Gasteiger partial charge on any atom is -0.354 e. The smallest absolute Gasteiger partial charge is 0.354 e. The summed E-state index contributed by atoms with van der Waals surface area (Å²) in [6.07, 6.45) is -4.54. The molecule has 0 bridgehead atoms. The van der Waals surface area contributed by atoms with Crippen LogP contribution < -0.4 is 10.6 Å². The van der Waals surface area contributed by atoms with Crippen molar-refractivity contribution in [3.8, 4) is 0 Å². The highest BCUT2D eigenvalue weighted by Crippen LogP contribution is 2.31. The lowest BCUT2D eigenvalue weighted by atomic mass is 10.3. The summed E-state index contributed by atoms with van der Waals surface area (Å²) in [4.78, 5) is 11.9. The Morgan fingerprint density at radius 3 is 2.62 bits per heavy atom. The van der Waals surface area contributed by atoms with E-state index >= 15 is 0 Å². The van der Waals surface area contributed by atoms with Gasteiger partial charge in [0.2, 0.25) is 5.95 Å². The van der Waals surface area contributed by atoms with Gasteiger partial charge in [0.1, 0.15) is 5.82 Å². The van der Waals surface area contributed by atoms with E-state index in [0.717, 1.165) is 21.3 Å². The van der Waals surface area contributed by atoms with E-state index in [9.17, 15) is 13.2 Å². The van der Waals surface area contributed by atoms with Crippen LogP contribution in [0.3, 0.4) is 0 Å². The summed E-state index contributed by atoms with van der Waals surface area (Å²) in [5.41, 5.74) is 0.406. The maximum atomic E-state index is 13.0. The Morgan fingerprint density at radius 1 is 1.12 bits per heavy atom. The molecule has 0 aliphatic carbocycles. The molecule has 2 N–H and O–H groups in total. The van der Waals surface area contributed by atoms with E-state index in [1.54, 1.807) is 30.4 Å². The molecule has 0 radical (unpaired) electrons. The molecular weight excluding hydrogens is 339 g/mol. The summed E-state index contributed by atoms with van der Waals surface area (Å²) in [5, 5.41) is 6.53. The van der Waals surface area contributed by atoms with E-state index in [-0.39, 0.29) is 11.8 Å². The first-order valence-corrected chi connectivity index (χ1v) is 8.01. The van der Waals surface area contributed by atoms with Gasteiger partial charge in [-0.1, -0.05) is 0 Å². The van der Waals surface area contributed by atoms with Gasteiger partial charge in [-0.25, -0.2) is 9.97 Å². The van der Waals surface area contributed by atoms with E-state index in [1.807, 2.05) is 13.0 Å². The average Bonchev–Trinajstić information content (AvgIpc) is 2.86. The fourth-order valence-corrected chi connectivity index (χ4v) is 2.97. The van der Waals surface area contributed by atoms with Crippen LogP contribution >= 0.6 is 11.3 Å². The van der Waals surface area contributed by atoms with Crippen molar-refractivity contribution in [1.29, 1.82) is 0 Å². The third-order valence-electron chi connectivity index (χ3n) is 3.12. The van der Waals surface area contributed by atoms with Crippen LogP contribution in [-0.4, -0.2) is 21.5 Å². The number of benzene rings is 1. The second-order valence-corrected chi connectivity index (χ2v) is 6.27. The SMILES string of the molecule is CCNc1nc(Nc2ccc3sc(C)nc3c2)cc(C(F)(F)F)n1. The summed E-state index contributed by atoms with van der Waals surface area (Å²) in [5.74, 6) is -0.0000163. The van der Waals surface area contributed by atoms with E-state index < -0.39 is 11.9 Å². The molecule has 2 aromatic heterocycles. The van der Waals surface area contributed by atoms with Crippen molar-refractivity contribution < 1.29 is 13.2 Å². The molecule has 9 heteroatoms. The normalized spacial score (nSPS) is 11.7. The van der Waals surface area contributed by atoms with Crippen LogP contribution in [0.5, 0.6) is 0 Å². The van der Waals surface area contributed by atoms with Crippen LogP contribution in [0.25, 0.3) is 10.2 Å². The van der Waals surface area contributed by atoms with Crippen LogP contribution in [0, 0.1) is 6.92 Å². The van der Waals surface area contributed by atoms with Crippen molar-refractivity contribution in [3.05, 3.63) is 35.0 Å². The third-order valence-corrected chi connectivity index (χ3v) is 4.07. The number of nitrogens with one attached hydrogen (secondary N) is 2. The Balaban J connectivity index is 1.96. The molecule has 5 nitrogen and oxygen atoms in total. The molecule has 0 atom stereocenters. The minimum atomic E-state index is -4.54. The molecule has 0 saturated heterocycles. The number of aryl methyl sites for hydroxylation is 1. The van der Waals surface area contributed by atoms with Gasteiger partial charge in [0.25, 0.3) is 0 Å². The maximum absolute atomic E-state index is 13.0. The summed E-state index contributed by atoms with van der Waals surface area (Å²) in [7, 11) is 0. The second kappa shape index (κ2) is 6.23. The van der Waals surface area contributed by atoms with Crippen molar-refractivity contribution in [1.82, 2.24) is 15.0 Å². The number of rotatable bonds is 4. The van der Waals surface area contributed by atoms with Gasteiger partial charge in [0.15, 0.2) is 5.69 Å². The van der Waals surface area contributed by atoms with Gasteiger partial charge in [-0.2, -0.15) is 18.2 Å². The minimum absolute atomic E-state index is 0.0691. The predicted molar refractivity (Wildman–Crippen MR) is 88.8 cm³/mol. The maximum Gasteiger partial charge on any atom is 0.433 e. The number of nitrogens with zero attached hydrogens (tertiary/aromatic N) is 3. The van der Waals surface area contributed by atoms with Crippen LogP contribution in [0.4, 0.5) is 30.6 Å². The van der Waals surface area contributed by atoms with Crippen molar-refractivity contribution in [3.63, 3.8) is 0 Å². The van der Waals surface area contributed by atoms with Crippen LogP contribution in [0.1, 0.15) is 17.6 Å². The zero-order valence-corrected chi connectivity index (χ0v) is 13.7. The van der Waals surface area contributed by atoms with Crippen LogP contribution in [-0.2, 0) is 6.18 Å². The highest BCUT2D eigenvalue weighted by molar-refractivity contribution is 7.18. The first kappa shape index (κ1) is 16.4. The lowest BCUT2D eigenvalue weighted by molar-refractivity contribution is -0.141. The van der Waals surface area contributed by atoms with Crippen molar-refractivity contribution in [2.75, 3.05) is 17.2 Å². The number of hydrogen-bond donors (Lipinski definition) is 2. The summed E-state index contributed by atoms with van der Waals surface area (Å²) in [6, 6.07) is 6.32. The molecule has 0 amide bonds. The molecule has 0 unspecified atom stereocenters. The first-order valence-electron chi connectivity index (χ1n) is 7.19. The highest BCUT2D eigenvalue weighted by atomic mass is 32.1. The molecule has 0 saturated carbocycles. The molecule has 24 heavy (non-hydrogen) atoms. The molecule has 126 valence electrons. The molecule has 2 heterocycles.